The van der Waals surface area contributed by atoms with Crippen molar-refractivity contribution in [2.24, 2.45) is 11.7 Å². The first-order valence-corrected chi connectivity index (χ1v) is 8.75. The number of amides is 1. The summed E-state index contributed by atoms with van der Waals surface area (Å²) in [6.07, 6.45) is 2.30. The summed E-state index contributed by atoms with van der Waals surface area (Å²) in [6.45, 7) is 7.21. The summed E-state index contributed by atoms with van der Waals surface area (Å²) in [4.78, 5) is 15.2. The molecule has 0 bridgehead atoms. The Balaban J connectivity index is 2.05. The maximum Gasteiger partial charge on any atom is 0.250 e. The average Bonchev–Trinajstić information content (AvgIpc) is 2.56. The molecule has 0 saturated heterocycles. The minimum Gasteiger partial charge on any atom is -0.633 e. The molecular weight excluding hydrogens is 330 g/mol. The molecule has 6 heteroatoms. The highest BCUT2D eigenvalue weighted by Gasteiger charge is 2.14. The van der Waals surface area contributed by atoms with Crippen LogP contribution >= 0.6 is 0 Å². The predicted molar refractivity (Wildman–Crippen MR) is 102 cm³/mol. The molecule has 0 spiro atoms. The van der Waals surface area contributed by atoms with E-state index in [1.165, 1.54) is 6.20 Å². The number of rotatable bonds is 8. The van der Waals surface area contributed by atoms with Crippen LogP contribution in [0.15, 0.2) is 36.5 Å². The Morgan fingerprint density at radius 1 is 1.31 bits per heavy atom. The SMILES string of the molecule is Cc1cc(C[N+](C)([O-])CCC(C)C)ccc1Oc1ccc(C(N)=O)cn1. The number of pyridine rings is 1. The van der Waals surface area contributed by atoms with E-state index in [2.05, 4.69) is 18.8 Å². The molecule has 0 saturated carbocycles. The molecular formula is C20H27N3O3. The van der Waals surface area contributed by atoms with E-state index in [4.69, 9.17) is 10.5 Å². The highest BCUT2D eigenvalue weighted by atomic mass is 16.5. The fraction of sp³-hybridized carbons (Fsp3) is 0.400. The summed E-state index contributed by atoms with van der Waals surface area (Å²) in [5, 5.41) is 12.6. The maximum absolute atomic E-state index is 12.6. The van der Waals surface area contributed by atoms with Crippen LogP contribution in [0.4, 0.5) is 0 Å². The molecule has 1 atom stereocenters. The molecule has 140 valence electrons. The summed E-state index contributed by atoms with van der Waals surface area (Å²) >= 11 is 0. The van der Waals surface area contributed by atoms with Gasteiger partial charge in [-0.3, -0.25) is 4.79 Å². The van der Waals surface area contributed by atoms with Gasteiger partial charge in [0.15, 0.2) is 0 Å². The largest absolute Gasteiger partial charge is 0.633 e. The second kappa shape index (κ2) is 8.29. The first kappa shape index (κ1) is 19.9. The van der Waals surface area contributed by atoms with Gasteiger partial charge in [0.25, 0.3) is 0 Å². The van der Waals surface area contributed by atoms with E-state index in [-0.39, 0.29) is 4.65 Å². The van der Waals surface area contributed by atoms with Crippen LogP contribution in [0.2, 0.25) is 0 Å². The highest BCUT2D eigenvalue weighted by molar-refractivity contribution is 5.92. The van der Waals surface area contributed by atoms with Crippen molar-refractivity contribution in [3.63, 3.8) is 0 Å². The summed E-state index contributed by atoms with van der Waals surface area (Å²) in [6, 6.07) is 8.89. The molecule has 0 aliphatic rings. The van der Waals surface area contributed by atoms with Gasteiger partial charge in [-0.05, 0) is 49.1 Å². The maximum atomic E-state index is 12.6. The first-order chi connectivity index (χ1) is 12.2. The normalized spacial score (nSPS) is 13.5. The molecule has 1 heterocycles. The Labute approximate surface area is 154 Å². The molecule has 0 aliphatic heterocycles. The molecule has 1 aromatic heterocycles. The van der Waals surface area contributed by atoms with Gasteiger partial charge in [0.1, 0.15) is 12.3 Å². The molecule has 2 rings (SSSR count). The van der Waals surface area contributed by atoms with Crippen molar-refractivity contribution in [2.75, 3.05) is 13.6 Å². The number of ether oxygens (including phenoxy) is 1. The summed E-state index contributed by atoms with van der Waals surface area (Å²) < 4.78 is 5.48. The molecule has 0 radical (unpaired) electrons. The molecule has 1 aromatic carbocycles. The van der Waals surface area contributed by atoms with Crippen LogP contribution in [-0.2, 0) is 6.54 Å². The second-order valence-corrected chi connectivity index (χ2v) is 7.31. The number of aromatic nitrogens is 1. The fourth-order valence-electron chi connectivity index (χ4n) is 2.62. The topological polar surface area (TPSA) is 88.3 Å². The van der Waals surface area contributed by atoms with E-state index >= 15 is 0 Å². The van der Waals surface area contributed by atoms with Gasteiger partial charge < -0.3 is 20.3 Å². The lowest BCUT2D eigenvalue weighted by Crippen LogP contribution is -2.38. The van der Waals surface area contributed by atoms with Crippen LogP contribution < -0.4 is 10.5 Å². The minimum atomic E-state index is -0.527. The van der Waals surface area contributed by atoms with Crippen LogP contribution in [0.5, 0.6) is 11.6 Å². The van der Waals surface area contributed by atoms with Gasteiger partial charge in [0, 0.05) is 17.8 Å². The lowest BCUT2D eigenvalue weighted by Gasteiger charge is -2.39. The zero-order valence-corrected chi connectivity index (χ0v) is 15.9. The van der Waals surface area contributed by atoms with Crippen molar-refractivity contribution in [3.05, 3.63) is 58.4 Å². The van der Waals surface area contributed by atoms with Gasteiger partial charge in [-0.2, -0.15) is 0 Å². The molecule has 26 heavy (non-hydrogen) atoms. The monoisotopic (exact) mass is 357 g/mol. The van der Waals surface area contributed by atoms with Crippen molar-refractivity contribution in [2.45, 2.75) is 33.7 Å². The Hall–Kier alpha value is -2.44. The first-order valence-electron chi connectivity index (χ1n) is 8.75. The standard InChI is InChI=1S/C20H27N3O3/c1-14(2)9-10-23(4,25)13-16-5-7-18(15(3)11-16)26-19-8-6-17(12-22-19)20(21)24/h5-8,11-12,14H,9-10,13H2,1-4H3,(H2,21,24). The Kier molecular flexibility index (Phi) is 6.34. The van der Waals surface area contributed by atoms with Gasteiger partial charge in [0.2, 0.25) is 11.8 Å². The third kappa shape index (κ3) is 5.82. The molecule has 6 nitrogen and oxygen atoms in total. The van der Waals surface area contributed by atoms with Crippen LogP contribution in [0.3, 0.4) is 0 Å². The van der Waals surface area contributed by atoms with Crippen LogP contribution in [-0.4, -0.2) is 29.1 Å². The summed E-state index contributed by atoms with van der Waals surface area (Å²) in [5.41, 5.74) is 7.43. The van der Waals surface area contributed by atoms with E-state index in [0.29, 0.717) is 36.2 Å². The predicted octanol–water partition coefficient (Wildman–Crippen LogP) is 3.77. The zero-order valence-electron chi connectivity index (χ0n) is 15.9. The van der Waals surface area contributed by atoms with Gasteiger partial charge >= 0.3 is 0 Å². The summed E-state index contributed by atoms with van der Waals surface area (Å²) in [7, 11) is 1.71. The lowest BCUT2D eigenvalue weighted by molar-refractivity contribution is -0.874. The van der Waals surface area contributed by atoms with E-state index in [1.807, 2.05) is 25.1 Å². The number of nitrogens with two attached hydrogens (primary N) is 1. The van der Waals surface area contributed by atoms with E-state index in [1.54, 1.807) is 19.2 Å². The van der Waals surface area contributed by atoms with Crippen molar-refractivity contribution in [1.82, 2.24) is 4.98 Å². The molecule has 0 aliphatic carbocycles. The number of primary amides is 1. The quantitative estimate of drug-likeness (QED) is 0.575. The van der Waals surface area contributed by atoms with Crippen molar-refractivity contribution < 1.29 is 14.2 Å². The number of hydroxylamine groups is 3. The molecule has 1 unspecified atom stereocenters. The van der Waals surface area contributed by atoms with E-state index < -0.39 is 5.91 Å². The number of carbonyl (C=O) groups is 1. The number of hydrogen-bond donors (Lipinski definition) is 1. The van der Waals surface area contributed by atoms with Crippen molar-refractivity contribution in [3.8, 4) is 11.6 Å². The third-order valence-corrected chi connectivity index (χ3v) is 4.17. The molecule has 0 fully saturated rings. The number of aryl methyl sites for hydroxylation is 1. The minimum absolute atomic E-state index is 0.284. The number of nitrogens with zero attached hydrogens (tertiary/aromatic N) is 2. The van der Waals surface area contributed by atoms with E-state index in [0.717, 1.165) is 17.5 Å². The smallest absolute Gasteiger partial charge is 0.250 e. The Morgan fingerprint density at radius 3 is 2.58 bits per heavy atom. The molecule has 2 N–H and O–H groups in total. The van der Waals surface area contributed by atoms with Crippen LogP contribution in [0, 0.1) is 18.0 Å². The van der Waals surface area contributed by atoms with Gasteiger partial charge in [-0.15, -0.1) is 0 Å². The number of hydrogen-bond acceptors (Lipinski definition) is 4. The van der Waals surface area contributed by atoms with Crippen LogP contribution in [0.1, 0.15) is 41.8 Å². The van der Waals surface area contributed by atoms with E-state index in [9.17, 15) is 10.0 Å². The Morgan fingerprint density at radius 2 is 2.04 bits per heavy atom. The average molecular weight is 357 g/mol. The van der Waals surface area contributed by atoms with Crippen molar-refractivity contribution >= 4 is 5.91 Å². The van der Waals surface area contributed by atoms with Crippen LogP contribution in [0.25, 0.3) is 0 Å². The van der Waals surface area contributed by atoms with Crippen molar-refractivity contribution in [1.29, 1.82) is 0 Å². The molecule has 2 aromatic rings. The second-order valence-electron chi connectivity index (χ2n) is 7.31. The lowest BCUT2D eigenvalue weighted by atomic mass is 10.1. The Bertz CT molecular complexity index is 755. The zero-order chi connectivity index (χ0) is 19.3. The highest BCUT2D eigenvalue weighted by Crippen LogP contribution is 2.26. The molecule has 1 amide bonds. The number of benzene rings is 1. The van der Waals surface area contributed by atoms with Gasteiger partial charge in [0.05, 0.1) is 19.2 Å². The number of carbonyl (C=O) groups excluding carboxylic acids is 1. The third-order valence-electron chi connectivity index (χ3n) is 4.17. The van der Waals surface area contributed by atoms with Gasteiger partial charge in [-0.1, -0.05) is 13.8 Å². The van der Waals surface area contributed by atoms with Gasteiger partial charge in [-0.25, -0.2) is 4.98 Å². The summed E-state index contributed by atoms with van der Waals surface area (Å²) in [5.74, 6) is 1.04. The fourth-order valence-corrected chi connectivity index (χ4v) is 2.62. The number of quaternary nitrogens is 1.